The second kappa shape index (κ2) is 5.52. The van der Waals surface area contributed by atoms with Crippen LogP contribution in [0.5, 0.6) is 0 Å². The Morgan fingerprint density at radius 2 is 1.31 bits per heavy atom. The highest BCUT2D eigenvalue weighted by atomic mass is 32.2. The first-order valence-electron chi connectivity index (χ1n) is 5.34. The maximum absolute atomic E-state index is 6.06. The molecule has 13 heavy (non-hydrogen) atoms. The lowest BCUT2D eigenvalue weighted by molar-refractivity contribution is 0.0749. The van der Waals surface area contributed by atoms with Gasteiger partial charge in [-0.25, -0.2) is 0 Å². The molecule has 2 unspecified atom stereocenters. The first-order chi connectivity index (χ1) is 6.45. The molecular formula is C10H18OS2. The lowest BCUT2D eigenvalue weighted by Crippen LogP contribution is -2.22. The van der Waals surface area contributed by atoms with Crippen molar-refractivity contribution in [2.24, 2.45) is 0 Å². The maximum Gasteiger partial charge on any atom is 0.104 e. The summed E-state index contributed by atoms with van der Waals surface area (Å²) in [5.74, 6) is 2.62. The summed E-state index contributed by atoms with van der Waals surface area (Å²) in [5.41, 5.74) is 1.04. The third-order valence-electron chi connectivity index (χ3n) is 2.58. The molecule has 0 bridgehead atoms. The van der Waals surface area contributed by atoms with Crippen LogP contribution in [0, 0.1) is 0 Å². The van der Waals surface area contributed by atoms with Gasteiger partial charge in [0.25, 0.3) is 0 Å². The summed E-state index contributed by atoms with van der Waals surface area (Å²) in [4.78, 5) is 0. The highest BCUT2D eigenvalue weighted by Crippen LogP contribution is 2.33. The van der Waals surface area contributed by atoms with Crippen molar-refractivity contribution < 1.29 is 4.74 Å². The second-order valence-electron chi connectivity index (χ2n) is 3.73. The molecule has 2 atom stereocenters. The Kier molecular flexibility index (Phi) is 4.32. The number of hydrogen-bond acceptors (Lipinski definition) is 3. The molecule has 0 aliphatic carbocycles. The predicted octanol–water partition coefficient (Wildman–Crippen LogP) is 3.49. The van der Waals surface area contributed by atoms with Gasteiger partial charge >= 0.3 is 0 Å². The first kappa shape index (κ1) is 10.2. The normalized spacial score (nSPS) is 36.0. The van der Waals surface area contributed by atoms with Crippen LogP contribution in [0.2, 0.25) is 0 Å². The molecule has 76 valence electrons. The van der Waals surface area contributed by atoms with E-state index < -0.39 is 0 Å². The van der Waals surface area contributed by atoms with Gasteiger partial charge in [0.05, 0.1) is 0 Å². The molecule has 0 saturated carbocycles. The van der Waals surface area contributed by atoms with Crippen LogP contribution in [0.15, 0.2) is 0 Å². The van der Waals surface area contributed by atoms with E-state index in [4.69, 9.17) is 4.74 Å². The standard InChI is InChI=1S/C10H18OS2/c1-3-7-12-9(5-1)11-10-6-2-4-8-13-10/h9-10H,1-8H2. The molecule has 0 spiro atoms. The fourth-order valence-corrected chi connectivity index (χ4v) is 4.24. The summed E-state index contributed by atoms with van der Waals surface area (Å²) in [6.45, 7) is 0. The SMILES string of the molecule is C1CCC(OC2CCCCS2)SC1. The summed E-state index contributed by atoms with van der Waals surface area (Å²) >= 11 is 4.04. The number of ether oxygens (including phenoxy) is 1. The minimum absolute atomic E-state index is 0.518. The zero-order chi connectivity index (χ0) is 8.93. The van der Waals surface area contributed by atoms with E-state index in [9.17, 15) is 0 Å². The zero-order valence-electron chi connectivity index (χ0n) is 8.04. The molecule has 3 heteroatoms. The van der Waals surface area contributed by atoms with E-state index in [0.717, 1.165) is 0 Å². The molecule has 2 rings (SSSR count). The van der Waals surface area contributed by atoms with Crippen molar-refractivity contribution in [3.05, 3.63) is 0 Å². The van der Waals surface area contributed by atoms with Crippen molar-refractivity contribution in [2.45, 2.75) is 49.4 Å². The van der Waals surface area contributed by atoms with E-state index in [0.29, 0.717) is 10.9 Å². The Morgan fingerprint density at radius 3 is 1.69 bits per heavy atom. The van der Waals surface area contributed by atoms with Crippen LogP contribution in [-0.2, 0) is 4.74 Å². The van der Waals surface area contributed by atoms with Crippen LogP contribution in [0.25, 0.3) is 0 Å². The highest BCUT2D eigenvalue weighted by molar-refractivity contribution is 8.00. The average molecular weight is 218 g/mol. The van der Waals surface area contributed by atoms with Gasteiger partial charge in [-0.2, -0.15) is 0 Å². The molecule has 2 aliphatic heterocycles. The van der Waals surface area contributed by atoms with Crippen LogP contribution in [0.4, 0.5) is 0 Å². The fourth-order valence-electron chi connectivity index (χ4n) is 1.81. The summed E-state index contributed by atoms with van der Waals surface area (Å²) in [5, 5.41) is 0. The number of rotatable bonds is 2. The van der Waals surface area contributed by atoms with Crippen LogP contribution < -0.4 is 0 Å². The summed E-state index contributed by atoms with van der Waals surface area (Å²) < 4.78 is 6.06. The molecule has 2 fully saturated rings. The van der Waals surface area contributed by atoms with Gasteiger partial charge in [-0.15, -0.1) is 23.5 Å². The number of thioether (sulfide) groups is 2. The third kappa shape index (κ3) is 3.37. The van der Waals surface area contributed by atoms with E-state index >= 15 is 0 Å². The van der Waals surface area contributed by atoms with Crippen molar-refractivity contribution >= 4 is 23.5 Å². The van der Waals surface area contributed by atoms with Gasteiger partial charge < -0.3 is 4.74 Å². The van der Waals surface area contributed by atoms with Crippen LogP contribution in [0.1, 0.15) is 38.5 Å². The van der Waals surface area contributed by atoms with E-state index in [2.05, 4.69) is 0 Å². The largest absolute Gasteiger partial charge is 0.354 e. The Bertz CT molecular complexity index is 124. The fraction of sp³-hybridized carbons (Fsp3) is 1.00. The Morgan fingerprint density at radius 1 is 0.769 bits per heavy atom. The van der Waals surface area contributed by atoms with Crippen molar-refractivity contribution in [3.8, 4) is 0 Å². The van der Waals surface area contributed by atoms with Crippen molar-refractivity contribution in [3.63, 3.8) is 0 Å². The number of hydrogen-bond donors (Lipinski definition) is 0. The summed E-state index contributed by atoms with van der Waals surface area (Å²) in [6, 6.07) is 0. The average Bonchev–Trinajstić information content (AvgIpc) is 2.21. The molecule has 2 heterocycles. The van der Waals surface area contributed by atoms with E-state index in [1.54, 1.807) is 0 Å². The Balaban J connectivity index is 1.69. The molecule has 0 N–H and O–H groups in total. The van der Waals surface area contributed by atoms with Crippen LogP contribution >= 0.6 is 23.5 Å². The molecule has 0 amide bonds. The monoisotopic (exact) mass is 218 g/mol. The molecule has 1 nitrogen and oxygen atoms in total. The molecule has 2 aliphatic rings. The van der Waals surface area contributed by atoms with E-state index in [1.807, 2.05) is 23.5 Å². The maximum atomic E-state index is 6.06. The third-order valence-corrected chi connectivity index (χ3v) is 5.07. The van der Waals surface area contributed by atoms with Crippen LogP contribution in [-0.4, -0.2) is 22.4 Å². The van der Waals surface area contributed by atoms with Gasteiger partial charge in [-0.1, -0.05) is 0 Å². The van der Waals surface area contributed by atoms with Gasteiger partial charge in [0.2, 0.25) is 0 Å². The van der Waals surface area contributed by atoms with Crippen molar-refractivity contribution in [2.75, 3.05) is 11.5 Å². The molecule has 0 aromatic rings. The Hall–Kier alpha value is 0.660. The van der Waals surface area contributed by atoms with Gasteiger partial charge in [0.15, 0.2) is 0 Å². The topological polar surface area (TPSA) is 9.23 Å². The van der Waals surface area contributed by atoms with Gasteiger partial charge in [-0.3, -0.25) is 0 Å². The Labute approximate surface area is 89.4 Å². The predicted molar refractivity (Wildman–Crippen MR) is 61.3 cm³/mol. The minimum Gasteiger partial charge on any atom is -0.354 e. The molecular weight excluding hydrogens is 200 g/mol. The summed E-state index contributed by atoms with van der Waals surface area (Å²) in [7, 11) is 0. The zero-order valence-corrected chi connectivity index (χ0v) is 9.67. The molecule has 2 saturated heterocycles. The van der Waals surface area contributed by atoms with Crippen LogP contribution in [0.3, 0.4) is 0 Å². The summed E-state index contributed by atoms with van der Waals surface area (Å²) in [6.07, 6.45) is 8.08. The van der Waals surface area contributed by atoms with Gasteiger partial charge in [-0.05, 0) is 50.0 Å². The van der Waals surface area contributed by atoms with Gasteiger partial charge in [0.1, 0.15) is 10.9 Å². The lowest BCUT2D eigenvalue weighted by Gasteiger charge is -2.28. The molecule has 0 aromatic heterocycles. The van der Waals surface area contributed by atoms with Crippen molar-refractivity contribution in [1.29, 1.82) is 0 Å². The highest BCUT2D eigenvalue weighted by Gasteiger charge is 2.21. The minimum atomic E-state index is 0.518. The van der Waals surface area contributed by atoms with E-state index in [1.165, 1.54) is 50.0 Å². The second-order valence-corrected chi connectivity index (χ2v) is 6.26. The first-order valence-corrected chi connectivity index (χ1v) is 7.43. The van der Waals surface area contributed by atoms with Gasteiger partial charge in [0, 0.05) is 0 Å². The molecule has 0 radical (unpaired) electrons. The lowest BCUT2D eigenvalue weighted by atomic mass is 10.2. The smallest absolute Gasteiger partial charge is 0.104 e. The quantitative estimate of drug-likeness (QED) is 0.702. The van der Waals surface area contributed by atoms with Crippen molar-refractivity contribution in [1.82, 2.24) is 0 Å². The molecule has 0 aromatic carbocycles. The van der Waals surface area contributed by atoms with E-state index in [-0.39, 0.29) is 0 Å².